The Bertz CT molecular complexity index is 756. The van der Waals surface area contributed by atoms with Crippen LogP contribution in [0.3, 0.4) is 0 Å². The SMILES string of the molecule is COCCn1cnc2cnc(Nc3ccccc3Cl)cc21. The summed E-state index contributed by atoms with van der Waals surface area (Å²) in [5, 5.41) is 3.88. The molecule has 3 aromatic rings. The van der Waals surface area contributed by atoms with Gasteiger partial charge in [0.15, 0.2) is 0 Å². The largest absolute Gasteiger partial charge is 0.383 e. The smallest absolute Gasteiger partial charge is 0.132 e. The molecule has 2 heterocycles. The molecule has 0 aliphatic heterocycles. The van der Waals surface area contributed by atoms with E-state index in [2.05, 4.69) is 15.3 Å². The van der Waals surface area contributed by atoms with E-state index in [1.165, 1.54) is 0 Å². The Kier molecular flexibility index (Phi) is 4.03. The van der Waals surface area contributed by atoms with Gasteiger partial charge >= 0.3 is 0 Å². The minimum atomic E-state index is 0.640. The average molecular weight is 303 g/mol. The van der Waals surface area contributed by atoms with Crippen molar-refractivity contribution in [1.29, 1.82) is 0 Å². The van der Waals surface area contributed by atoms with E-state index in [-0.39, 0.29) is 0 Å². The third-order valence-electron chi connectivity index (χ3n) is 3.18. The molecule has 2 aromatic heterocycles. The molecule has 3 rings (SSSR count). The van der Waals surface area contributed by atoms with Gasteiger partial charge in [-0.1, -0.05) is 23.7 Å². The summed E-state index contributed by atoms with van der Waals surface area (Å²) >= 11 is 6.15. The van der Waals surface area contributed by atoms with Crippen molar-refractivity contribution in [3.8, 4) is 0 Å². The summed E-state index contributed by atoms with van der Waals surface area (Å²) in [7, 11) is 1.69. The number of rotatable bonds is 5. The van der Waals surface area contributed by atoms with E-state index in [1.807, 2.05) is 34.9 Å². The Hall–Kier alpha value is -2.11. The number of hydrogen-bond acceptors (Lipinski definition) is 4. The monoisotopic (exact) mass is 302 g/mol. The number of anilines is 2. The molecule has 0 saturated carbocycles. The van der Waals surface area contributed by atoms with Gasteiger partial charge in [-0.05, 0) is 12.1 Å². The summed E-state index contributed by atoms with van der Waals surface area (Å²) < 4.78 is 7.15. The van der Waals surface area contributed by atoms with Crippen molar-refractivity contribution >= 4 is 34.1 Å². The maximum absolute atomic E-state index is 6.15. The summed E-state index contributed by atoms with van der Waals surface area (Å²) in [6.07, 6.45) is 3.54. The Morgan fingerprint density at radius 3 is 2.95 bits per heavy atom. The van der Waals surface area contributed by atoms with Crippen LogP contribution in [0.2, 0.25) is 5.02 Å². The quantitative estimate of drug-likeness (QED) is 0.784. The van der Waals surface area contributed by atoms with Crippen LogP contribution in [0.5, 0.6) is 0 Å². The summed E-state index contributed by atoms with van der Waals surface area (Å²) in [5.41, 5.74) is 2.70. The lowest BCUT2D eigenvalue weighted by molar-refractivity contribution is 0.188. The van der Waals surface area contributed by atoms with Gasteiger partial charge in [0, 0.05) is 19.7 Å². The summed E-state index contributed by atoms with van der Waals surface area (Å²) in [5.74, 6) is 0.731. The molecule has 5 nitrogen and oxygen atoms in total. The predicted molar refractivity (Wildman–Crippen MR) is 84.1 cm³/mol. The van der Waals surface area contributed by atoms with Gasteiger partial charge in [0.1, 0.15) is 11.3 Å². The molecule has 1 aromatic carbocycles. The third-order valence-corrected chi connectivity index (χ3v) is 3.51. The predicted octanol–water partition coefficient (Wildman–Crippen LogP) is 3.47. The maximum atomic E-state index is 6.15. The molecular weight excluding hydrogens is 288 g/mol. The number of pyridine rings is 1. The lowest BCUT2D eigenvalue weighted by Gasteiger charge is -2.08. The average Bonchev–Trinajstić information content (AvgIpc) is 2.90. The molecule has 0 bridgehead atoms. The number of imidazole rings is 1. The first-order chi connectivity index (χ1) is 10.3. The molecule has 6 heteroatoms. The standard InChI is InChI=1S/C15H15ClN4O/c1-21-7-6-20-10-18-13-9-17-15(8-14(13)20)19-12-5-3-2-4-11(12)16/h2-5,8-10H,6-7H2,1H3,(H,17,19). The number of aromatic nitrogens is 3. The van der Waals surface area contributed by atoms with Crippen LogP contribution in [0.25, 0.3) is 11.0 Å². The highest BCUT2D eigenvalue weighted by Crippen LogP contribution is 2.25. The fourth-order valence-electron chi connectivity index (χ4n) is 2.10. The van der Waals surface area contributed by atoms with Gasteiger partial charge in [-0.15, -0.1) is 0 Å². The Morgan fingerprint density at radius 1 is 1.29 bits per heavy atom. The highest BCUT2D eigenvalue weighted by atomic mass is 35.5. The number of para-hydroxylation sites is 1. The molecule has 1 N–H and O–H groups in total. The summed E-state index contributed by atoms with van der Waals surface area (Å²) in [6, 6.07) is 9.53. The molecule has 0 unspecified atom stereocenters. The van der Waals surface area contributed by atoms with E-state index in [1.54, 1.807) is 19.6 Å². The molecule has 21 heavy (non-hydrogen) atoms. The number of nitrogens with one attached hydrogen (secondary N) is 1. The lowest BCUT2D eigenvalue weighted by Crippen LogP contribution is -2.03. The second-order valence-electron chi connectivity index (χ2n) is 4.59. The topological polar surface area (TPSA) is 52.0 Å². The molecule has 108 valence electrons. The highest BCUT2D eigenvalue weighted by Gasteiger charge is 2.06. The number of benzene rings is 1. The molecule has 0 spiro atoms. The van der Waals surface area contributed by atoms with Crippen LogP contribution < -0.4 is 5.32 Å². The van der Waals surface area contributed by atoms with Gasteiger partial charge in [-0.25, -0.2) is 9.97 Å². The van der Waals surface area contributed by atoms with E-state index in [9.17, 15) is 0 Å². The van der Waals surface area contributed by atoms with Gasteiger partial charge in [0.25, 0.3) is 0 Å². The molecule has 0 atom stereocenters. The Morgan fingerprint density at radius 2 is 2.14 bits per heavy atom. The normalized spacial score (nSPS) is 11.0. The van der Waals surface area contributed by atoms with Crippen LogP contribution in [0.1, 0.15) is 0 Å². The van der Waals surface area contributed by atoms with Crippen molar-refractivity contribution in [1.82, 2.24) is 14.5 Å². The van der Waals surface area contributed by atoms with Crippen LogP contribution >= 0.6 is 11.6 Å². The van der Waals surface area contributed by atoms with Crippen LogP contribution in [-0.2, 0) is 11.3 Å². The Labute approximate surface area is 127 Å². The van der Waals surface area contributed by atoms with E-state index in [4.69, 9.17) is 16.3 Å². The summed E-state index contributed by atoms with van der Waals surface area (Å²) in [4.78, 5) is 8.69. The van der Waals surface area contributed by atoms with Crippen LogP contribution in [0.15, 0.2) is 42.9 Å². The fraction of sp³-hybridized carbons (Fsp3) is 0.200. The number of methoxy groups -OCH3 is 1. The van der Waals surface area contributed by atoms with Crippen LogP contribution in [0, 0.1) is 0 Å². The number of ether oxygens (including phenoxy) is 1. The van der Waals surface area contributed by atoms with Crippen LogP contribution in [-0.4, -0.2) is 28.3 Å². The second-order valence-corrected chi connectivity index (χ2v) is 5.00. The second kappa shape index (κ2) is 6.11. The van der Waals surface area contributed by atoms with Gasteiger partial charge in [0.2, 0.25) is 0 Å². The molecule has 0 fully saturated rings. The number of fused-ring (bicyclic) bond motifs is 1. The number of halogens is 1. The van der Waals surface area contributed by atoms with E-state index < -0.39 is 0 Å². The van der Waals surface area contributed by atoms with Gasteiger partial charge in [-0.2, -0.15) is 0 Å². The first-order valence-corrected chi connectivity index (χ1v) is 6.97. The number of nitrogens with zero attached hydrogens (tertiary/aromatic N) is 3. The van der Waals surface area contributed by atoms with Crippen molar-refractivity contribution in [3.63, 3.8) is 0 Å². The van der Waals surface area contributed by atoms with Crippen molar-refractivity contribution < 1.29 is 4.74 Å². The fourth-order valence-corrected chi connectivity index (χ4v) is 2.28. The van der Waals surface area contributed by atoms with Crippen molar-refractivity contribution in [3.05, 3.63) is 47.9 Å². The Balaban J connectivity index is 1.91. The van der Waals surface area contributed by atoms with Crippen molar-refractivity contribution in [2.24, 2.45) is 0 Å². The van der Waals surface area contributed by atoms with Crippen molar-refractivity contribution in [2.45, 2.75) is 6.54 Å². The highest BCUT2D eigenvalue weighted by molar-refractivity contribution is 6.33. The lowest BCUT2D eigenvalue weighted by atomic mass is 10.3. The molecule has 0 amide bonds. The zero-order valence-electron chi connectivity index (χ0n) is 11.6. The minimum absolute atomic E-state index is 0.640. The molecule has 0 aliphatic rings. The third kappa shape index (κ3) is 2.99. The molecule has 0 aliphatic carbocycles. The van der Waals surface area contributed by atoms with Gasteiger partial charge in [-0.3, -0.25) is 0 Å². The first-order valence-electron chi connectivity index (χ1n) is 6.59. The molecule has 0 saturated heterocycles. The zero-order valence-corrected chi connectivity index (χ0v) is 12.3. The maximum Gasteiger partial charge on any atom is 0.132 e. The zero-order chi connectivity index (χ0) is 14.7. The molecular formula is C15H15ClN4O. The minimum Gasteiger partial charge on any atom is -0.383 e. The number of hydrogen-bond donors (Lipinski definition) is 1. The van der Waals surface area contributed by atoms with E-state index >= 15 is 0 Å². The van der Waals surface area contributed by atoms with Crippen molar-refractivity contribution in [2.75, 3.05) is 19.0 Å². The summed E-state index contributed by atoms with van der Waals surface area (Å²) in [6.45, 7) is 1.39. The first kappa shape index (κ1) is 13.9. The van der Waals surface area contributed by atoms with Gasteiger partial charge < -0.3 is 14.6 Å². The van der Waals surface area contributed by atoms with E-state index in [0.717, 1.165) is 29.1 Å². The van der Waals surface area contributed by atoms with Gasteiger partial charge in [0.05, 0.1) is 35.4 Å². The van der Waals surface area contributed by atoms with E-state index in [0.29, 0.717) is 11.6 Å². The molecule has 0 radical (unpaired) electrons. The van der Waals surface area contributed by atoms with Crippen LogP contribution in [0.4, 0.5) is 11.5 Å².